The van der Waals surface area contributed by atoms with Gasteiger partial charge in [-0.25, -0.2) is 9.59 Å². The molecular formula is C29H26N2O7. The smallest absolute Gasteiger partial charge is 0.407 e. The largest absolute Gasteiger partial charge is 0.449 e. The Hall–Kier alpha value is -4.50. The van der Waals surface area contributed by atoms with Crippen molar-refractivity contribution in [2.45, 2.75) is 31.4 Å². The van der Waals surface area contributed by atoms with Gasteiger partial charge in [0.2, 0.25) is 0 Å². The number of nitrogens with zero attached hydrogens (tertiary/aromatic N) is 1. The molecule has 3 aromatic carbocycles. The van der Waals surface area contributed by atoms with Crippen molar-refractivity contribution in [2.75, 3.05) is 13.2 Å². The van der Waals surface area contributed by atoms with E-state index in [1.54, 1.807) is 0 Å². The monoisotopic (exact) mass is 514 g/mol. The van der Waals surface area contributed by atoms with Crippen molar-refractivity contribution < 1.29 is 33.5 Å². The molecule has 3 aromatic rings. The molecule has 1 aliphatic carbocycles. The number of ether oxygens (including phenoxy) is 2. The van der Waals surface area contributed by atoms with Gasteiger partial charge in [0.05, 0.1) is 13.2 Å². The summed E-state index contributed by atoms with van der Waals surface area (Å²) in [6.07, 6.45) is -0.932. The van der Waals surface area contributed by atoms with E-state index in [1.807, 2.05) is 78.9 Å². The molecule has 194 valence electrons. The van der Waals surface area contributed by atoms with Crippen LogP contribution in [0.15, 0.2) is 78.9 Å². The van der Waals surface area contributed by atoms with Crippen molar-refractivity contribution in [3.05, 3.63) is 95.6 Å². The number of benzene rings is 3. The summed E-state index contributed by atoms with van der Waals surface area (Å²) in [6, 6.07) is 23.9. The number of hydroxylamine groups is 2. The van der Waals surface area contributed by atoms with E-state index in [1.165, 1.54) is 0 Å². The van der Waals surface area contributed by atoms with Crippen molar-refractivity contribution in [1.29, 1.82) is 0 Å². The normalized spacial score (nSPS) is 15.1. The van der Waals surface area contributed by atoms with Crippen LogP contribution in [0.2, 0.25) is 0 Å². The quantitative estimate of drug-likeness (QED) is 0.433. The average Bonchev–Trinajstić information content (AvgIpc) is 3.43. The van der Waals surface area contributed by atoms with E-state index in [4.69, 9.17) is 14.3 Å². The molecule has 2 aliphatic rings. The van der Waals surface area contributed by atoms with E-state index in [0.29, 0.717) is 5.06 Å². The van der Waals surface area contributed by atoms with Crippen molar-refractivity contribution in [3.63, 3.8) is 0 Å². The number of hydrogen-bond acceptors (Lipinski definition) is 7. The molecule has 1 aliphatic heterocycles. The van der Waals surface area contributed by atoms with Crippen molar-refractivity contribution in [1.82, 2.24) is 10.4 Å². The fourth-order valence-electron chi connectivity index (χ4n) is 4.63. The van der Waals surface area contributed by atoms with Crippen molar-refractivity contribution >= 4 is 23.9 Å². The Morgan fingerprint density at radius 3 is 2.05 bits per heavy atom. The zero-order valence-electron chi connectivity index (χ0n) is 20.5. The highest BCUT2D eigenvalue weighted by Gasteiger charge is 2.36. The molecule has 9 nitrogen and oxygen atoms in total. The zero-order chi connectivity index (χ0) is 26.5. The van der Waals surface area contributed by atoms with Gasteiger partial charge in [0, 0.05) is 18.8 Å². The number of amides is 3. The Morgan fingerprint density at radius 2 is 1.42 bits per heavy atom. The highest BCUT2D eigenvalue weighted by Crippen LogP contribution is 2.44. The summed E-state index contributed by atoms with van der Waals surface area (Å²) in [4.78, 5) is 54.4. The third-order valence-corrected chi connectivity index (χ3v) is 6.50. The summed E-state index contributed by atoms with van der Waals surface area (Å²) in [5, 5.41) is 2.91. The summed E-state index contributed by atoms with van der Waals surface area (Å²) in [6.45, 7) is -0.0255. The van der Waals surface area contributed by atoms with Crippen LogP contribution >= 0.6 is 0 Å². The molecule has 1 N–H and O–H groups in total. The number of fused-ring (bicyclic) bond motifs is 3. The number of alkyl carbamates (subject to hydrolysis) is 1. The number of carbonyl (C=O) groups excluding carboxylic acids is 4. The van der Waals surface area contributed by atoms with Crippen LogP contribution in [-0.2, 0) is 35.3 Å². The van der Waals surface area contributed by atoms with E-state index >= 15 is 0 Å². The molecule has 5 rings (SSSR count). The van der Waals surface area contributed by atoms with Gasteiger partial charge in [-0.1, -0.05) is 78.9 Å². The van der Waals surface area contributed by atoms with E-state index in [2.05, 4.69) is 5.32 Å². The highest BCUT2D eigenvalue weighted by atomic mass is 16.7. The second-order valence-electron chi connectivity index (χ2n) is 9.02. The van der Waals surface area contributed by atoms with Crippen molar-refractivity contribution in [3.8, 4) is 11.1 Å². The Balaban J connectivity index is 1.24. The van der Waals surface area contributed by atoms with Crippen LogP contribution in [-0.4, -0.2) is 48.2 Å². The second kappa shape index (κ2) is 11.3. The van der Waals surface area contributed by atoms with Gasteiger partial charge in [0.15, 0.2) is 6.04 Å². The molecule has 0 spiro atoms. The molecule has 1 saturated heterocycles. The van der Waals surface area contributed by atoms with Gasteiger partial charge in [0.1, 0.15) is 6.61 Å². The first kappa shape index (κ1) is 25.2. The number of rotatable bonds is 9. The van der Waals surface area contributed by atoms with Crippen LogP contribution < -0.4 is 5.32 Å². The summed E-state index contributed by atoms with van der Waals surface area (Å²) in [5.74, 6) is -2.40. The summed E-state index contributed by atoms with van der Waals surface area (Å²) < 4.78 is 11.2. The fourth-order valence-corrected chi connectivity index (χ4v) is 4.63. The third kappa shape index (κ3) is 5.42. The number of hydrogen-bond donors (Lipinski definition) is 1. The number of imide groups is 1. The second-order valence-corrected chi connectivity index (χ2v) is 9.02. The Labute approximate surface area is 219 Å². The van der Waals surface area contributed by atoms with Crippen LogP contribution in [0.3, 0.4) is 0 Å². The molecular weight excluding hydrogens is 488 g/mol. The van der Waals surface area contributed by atoms with Crippen LogP contribution in [0, 0.1) is 0 Å². The standard InChI is InChI=1S/C29H26N2O7/c32-26-14-15-27(33)31(26)38-28(34)25(18-36-16-19-8-2-1-3-9-19)30-29(35)37-17-24-22-12-6-4-10-20(22)21-11-5-7-13-23(21)24/h1-13,24-25H,14-18H2,(H,30,35)/t25-/m0/s1. The minimum absolute atomic E-state index is 0.0406. The zero-order valence-corrected chi connectivity index (χ0v) is 20.5. The molecule has 1 fully saturated rings. The molecule has 1 atom stereocenters. The van der Waals surface area contributed by atoms with Crippen LogP contribution in [0.1, 0.15) is 35.4 Å². The SMILES string of the molecule is O=C(N[C@@H](COCc1ccccc1)C(=O)ON1C(=O)CCC1=O)OCC1c2ccccc2-c2ccccc21. The van der Waals surface area contributed by atoms with Crippen LogP contribution in [0.4, 0.5) is 4.79 Å². The lowest BCUT2D eigenvalue weighted by molar-refractivity contribution is -0.199. The molecule has 0 aromatic heterocycles. The van der Waals surface area contributed by atoms with E-state index in [0.717, 1.165) is 27.8 Å². The van der Waals surface area contributed by atoms with E-state index in [9.17, 15) is 19.2 Å². The molecule has 0 saturated carbocycles. The lowest BCUT2D eigenvalue weighted by Crippen LogP contribution is -2.48. The molecule has 0 bridgehead atoms. The minimum atomic E-state index is -1.31. The van der Waals surface area contributed by atoms with Crippen molar-refractivity contribution in [2.24, 2.45) is 0 Å². The highest BCUT2D eigenvalue weighted by molar-refractivity contribution is 6.01. The molecule has 9 heteroatoms. The first-order chi connectivity index (χ1) is 18.5. The Kier molecular flexibility index (Phi) is 7.46. The molecule has 38 heavy (non-hydrogen) atoms. The van der Waals surface area contributed by atoms with Gasteiger partial charge < -0.3 is 19.6 Å². The lowest BCUT2D eigenvalue weighted by Gasteiger charge is -2.21. The van der Waals surface area contributed by atoms with Gasteiger partial charge in [0.25, 0.3) is 11.8 Å². The van der Waals surface area contributed by atoms with Crippen LogP contribution in [0.5, 0.6) is 0 Å². The Bertz CT molecular complexity index is 1300. The summed E-state index contributed by atoms with van der Waals surface area (Å²) >= 11 is 0. The first-order valence-electron chi connectivity index (χ1n) is 12.3. The van der Waals surface area contributed by atoms with Gasteiger partial charge in [-0.2, -0.15) is 0 Å². The first-order valence-corrected chi connectivity index (χ1v) is 12.3. The van der Waals surface area contributed by atoms with E-state index < -0.39 is 29.9 Å². The van der Waals surface area contributed by atoms with Crippen LogP contribution in [0.25, 0.3) is 11.1 Å². The van der Waals surface area contributed by atoms with E-state index in [-0.39, 0.29) is 38.6 Å². The maximum absolute atomic E-state index is 12.8. The molecule has 0 radical (unpaired) electrons. The molecule has 1 heterocycles. The van der Waals surface area contributed by atoms with Gasteiger partial charge >= 0.3 is 12.1 Å². The van der Waals surface area contributed by atoms with Gasteiger partial charge in [-0.05, 0) is 27.8 Å². The topological polar surface area (TPSA) is 111 Å². The predicted octanol–water partition coefficient (Wildman–Crippen LogP) is 3.72. The Morgan fingerprint density at radius 1 is 0.842 bits per heavy atom. The fraction of sp³-hybridized carbons (Fsp3) is 0.241. The number of nitrogens with one attached hydrogen (secondary N) is 1. The minimum Gasteiger partial charge on any atom is -0.449 e. The predicted molar refractivity (Wildman–Crippen MR) is 135 cm³/mol. The molecule has 0 unspecified atom stereocenters. The lowest BCUT2D eigenvalue weighted by atomic mass is 9.98. The number of carbonyl (C=O) groups is 4. The maximum Gasteiger partial charge on any atom is 0.407 e. The van der Waals surface area contributed by atoms with Gasteiger partial charge in [-0.3, -0.25) is 9.59 Å². The summed E-state index contributed by atoms with van der Waals surface area (Å²) in [7, 11) is 0. The summed E-state index contributed by atoms with van der Waals surface area (Å²) in [5.41, 5.74) is 5.15. The van der Waals surface area contributed by atoms with Gasteiger partial charge in [-0.15, -0.1) is 5.06 Å². The average molecular weight is 515 g/mol. The maximum atomic E-state index is 12.8. The third-order valence-electron chi connectivity index (χ3n) is 6.50. The molecule has 3 amide bonds.